The zero-order valence-corrected chi connectivity index (χ0v) is 13.5. The summed E-state index contributed by atoms with van der Waals surface area (Å²) in [6.45, 7) is 6.98. The first kappa shape index (κ1) is 17.9. The molecule has 0 saturated carbocycles. The molecule has 0 aromatic heterocycles. The molecular weight excluding hydrogens is 278 g/mol. The number of carbonyl (C=O) groups excluding carboxylic acids is 2. The predicted molar refractivity (Wildman–Crippen MR) is 89.7 cm³/mol. The van der Waals surface area contributed by atoms with Crippen molar-refractivity contribution in [3.8, 4) is 0 Å². The minimum Gasteiger partial charge on any atom is -0.352 e. The van der Waals surface area contributed by atoms with Crippen molar-refractivity contribution in [2.24, 2.45) is 0 Å². The van der Waals surface area contributed by atoms with Gasteiger partial charge in [0, 0.05) is 5.69 Å². The van der Waals surface area contributed by atoms with Crippen LogP contribution in [-0.2, 0) is 16.0 Å². The third-order valence-electron chi connectivity index (χ3n) is 3.49. The van der Waals surface area contributed by atoms with Crippen LogP contribution in [0, 0.1) is 0 Å². The standard InChI is InChI=1S/C17H25N3O2/c1-4-13(3)16(19-12-21)10-14-6-8-15(9-7-14)20-17(22)11-18-5-2/h4,6-9,12,16,18H,5,10-11H2,1-3H3,(H,19,21)(H,20,22)/b13-4+. The van der Waals surface area contributed by atoms with Crippen LogP contribution in [-0.4, -0.2) is 31.4 Å². The number of hydrogen-bond donors (Lipinski definition) is 3. The van der Waals surface area contributed by atoms with Gasteiger partial charge in [-0.15, -0.1) is 0 Å². The summed E-state index contributed by atoms with van der Waals surface area (Å²) in [6, 6.07) is 7.68. The Kier molecular flexibility index (Phi) is 7.92. The molecule has 0 spiro atoms. The van der Waals surface area contributed by atoms with E-state index in [0.29, 0.717) is 6.54 Å². The maximum atomic E-state index is 11.6. The second kappa shape index (κ2) is 9.73. The van der Waals surface area contributed by atoms with Gasteiger partial charge in [-0.1, -0.05) is 30.7 Å². The van der Waals surface area contributed by atoms with Gasteiger partial charge in [0.25, 0.3) is 0 Å². The summed E-state index contributed by atoms with van der Waals surface area (Å²) >= 11 is 0. The fraction of sp³-hybridized carbons (Fsp3) is 0.412. The summed E-state index contributed by atoms with van der Waals surface area (Å²) in [5.41, 5.74) is 3.00. The molecule has 22 heavy (non-hydrogen) atoms. The lowest BCUT2D eigenvalue weighted by atomic mass is 10.00. The highest BCUT2D eigenvalue weighted by Gasteiger charge is 2.10. The fourth-order valence-corrected chi connectivity index (χ4v) is 2.04. The molecule has 0 aliphatic carbocycles. The van der Waals surface area contributed by atoms with Gasteiger partial charge in [0.1, 0.15) is 0 Å². The van der Waals surface area contributed by atoms with Gasteiger partial charge in [-0.3, -0.25) is 9.59 Å². The first-order valence-electron chi connectivity index (χ1n) is 7.52. The second-order valence-electron chi connectivity index (χ2n) is 5.10. The zero-order chi connectivity index (χ0) is 16.4. The Morgan fingerprint density at radius 2 is 1.95 bits per heavy atom. The van der Waals surface area contributed by atoms with Gasteiger partial charge in [-0.2, -0.15) is 0 Å². The molecule has 1 rings (SSSR count). The van der Waals surface area contributed by atoms with E-state index in [9.17, 15) is 9.59 Å². The normalized spacial score (nSPS) is 12.6. The SMILES string of the molecule is C/C=C(\C)C(Cc1ccc(NC(=O)CNCC)cc1)NC=O. The molecule has 5 heteroatoms. The summed E-state index contributed by atoms with van der Waals surface area (Å²) in [5, 5.41) is 8.64. The first-order valence-corrected chi connectivity index (χ1v) is 7.52. The third-order valence-corrected chi connectivity index (χ3v) is 3.49. The molecule has 0 fully saturated rings. The monoisotopic (exact) mass is 303 g/mol. The van der Waals surface area contributed by atoms with E-state index in [1.165, 1.54) is 0 Å². The van der Waals surface area contributed by atoms with Crippen LogP contribution in [0.15, 0.2) is 35.9 Å². The molecule has 3 N–H and O–H groups in total. The number of anilines is 1. The minimum absolute atomic E-state index is 0.00306. The van der Waals surface area contributed by atoms with Crippen molar-refractivity contribution in [2.45, 2.75) is 33.2 Å². The van der Waals surface area contributed by atoms with Gasteiger partial charge in [0.2, 0.25) is 12.3 Å². The Bertz CT molecular complexity index is 509. The Balaban J connectivity index is 2.63. The Labute approximate surface area is 132 Å². The van der Waals surface area contributed by atoms with Crippen LogP contribution in [0.2, 0.25) is 0 Å². The van der Waals surface area contributed by atoms with Crippen molar-refractivity contribution in [2.75, 3.05) is 18.4 Å². The molecular formula is C17H25N3O2. The van der Waals surface area contributed by atoms with Crippen LogP contribution in [0.25, 0.3) is 0 Å². The molecule has 1 aromatic carbocycles. The van der Waals surface area contributed by atoms with E-state index in [1.54, 1.807) is 0 Å². The van der Waals surface area contributed by atoms with E-state index in [4.69, 9.17) is 0 Å². The molecule has 0 aliphatic heterocycles. The topological polar surface area (TPSA) is 70.2 Å². The van der Waals surface area contributed by atoms with Crippen LogP contribution < -0.4 is 16.0 Å². The summed E-state index contributed by atoms with van der Waals surface area (Å²) < 4.78 is 0. The molecule has 0 aliphatic rings. The molecule has 120 valence electrons. The maximum absolute atomic E-state index is 11.6. The third kappa shape index (κ3) is 6.10. The Morgan fingerprint density at radius 3 is 2.50 bits per heavy atom. The highest BCUT2D eigenvalue weighted by molar-refractivity contribution is 5.92. The number of rotatable bonds is 9. The predicted octanol–water partition coefficient (Wildman–Crippen LogP) is 1.86. The van der Waals surface area contributed by atoms with Gasteiger partial charge < -0.3 is 16.0 Å². The van der Waals surface area contributed by atoms with Crippen molar-refractivity contribution in [1.82, 2.24) is 10.6 Å². The zero-order valence-electron chi connectivity index (χ0n) is 13.5. The van der Waals surface area contributed by atoms with Crippen molar-refractivity contribution >= 4 is 18.0 Å². The number of benzene rings is 1. The van der Waals surface area contributed by atoms with Crippen molar-refractivity contribution in [3.05, 3.63) is 41.5 Å². The number of carbonyl (C=O) groups is 2. The number of likely N-dealkylation sites (N-methyl/N-ethyl adjacent to an activating group) is 1. The highest BCUT2D eigenvalue weighted by Crippen LogP contribution is 2.14. The van der Waals surface area contributed by atoms with Crippen LogP contribution in [0.4, 0.5) is 5.69 Å². The van der Waals surface area contributed by atoms with Crippen molar-refractivity contribution in [1.29, 1.82) is 0 Å². The summed E-state index contributed by atoms with van der Waals surface area (Å²) in [5.74, 6) is -0.0557. The van der Waals surface area contributed by atoms with Crippen LogP contribution in [0.3, 0.4) is 0 Å². The van der Waals surface area contributed by atoms with Crippen molar-refractivity contribution in [3.63, 3.8) is 0 Å². The Morgan fingerprint density at radius 1 is 1.27 bits per heavy atom. The summed E-state index contributed by atoms with van der Waals surface area (Å²) in [4.78, 5) is 22.3. The largest absolute Gasteiger partial charge is 0.352 e. The summed E-state index contributed by atoms with van der Waals surface area (Å²) in [7, 11) is 0. The van der Waals surface area contributed by atoms with Crippen LogP contribution in [0.1, 0.15) is 26.3 Å². The second-order valence-corrected chi connectivity index (χ2v) is 5.10. The molecule has 0 radical (unpaired) electrons. The molecule has 5 nitrogen and oxygen atoms in total. The van der Waals surface area contributed by atoms with Gasteiger partial charge in [-0.05, 0) is 44.5 Å². The van der Waals surface area contributed by atoms with Crippen molar-refractivity contribution < 1.29 is 9.59 Å². The molecule has 2 amide bonds. The lowest BCUT2D eigenvalue weighted by Gasteiger charge is -2.17. The van der Waals surface area contributed by atoms with Gasteiger partial charge in [0.05, 0.1) is 12.6 Å². The molecule has 0 bridgehead atoms. The van der Waals surface area contributed by atoms with Crippen LogP contribution in [0.5, 0.6) is 0 Å². The number of allylic oxidation sites excluding steroid dienone is 1. The van der Waals surface area contributed by atoms with E-state index >= 15 is 0 Å². The number of hydrogen-bond acceptors (Lipinski definition) is 3. The van der Waals surface area contributed by atoms with Gasteiger partial charge >= 0.3 is 0 Å². The highest BCUT2D eigenvalue weighted by atomic mass is 16.2. The van der Waals surface area contributed by atoms with E-state index in [1.807, 2.05) is 51.1 Å². The lowest BCUT2D eigenvalue weighted by Crippen LogP contribution is -2.31. The Hall–Kier alpha value is -2.14. The molecule has 0 heterocycles. The quantitative estimate of drug-likeness (QED) is 0.482. The van der Waals surface area contributed by atoms with E-state index in [0.717, 1.165) is 36.2 Å². The number of nitrogens with one attached hydrogen (secondary N) is 3. The first-order chi connectivity index (χ1) is 10.6. The lowest BCUT2D eigenvalue weighted by molar-refractivity contribution is -0.115. The molecule has 1 atom stereocenters. The average Bonchev–Trinajstić information content (AvgIpc) is 2.53. The number of amides is 2. The molecule has 0 saturated heterocycles. The minimum atomic E-state index is -0.0557. The summed E-state index contributed by atoms with van der Waals surface area (Å²) in [6.07, 6.45) is 3.45. The fourth-order valence-electron chi connectivity index (χ4n) is 2.04. The van der Waals surface area contributed by atoms with Gasteiger partial charge in [0.15, 0.2) is 0 Å². The maximum Gasteiger partial charge on any atom is 0.238 e. The van der Waals surface area contributed by atoms with Gasteiger partial charge in [-0.25, -0.2) is 0 Å². The van der Waals surface area contributed by atoms with E-state index in [2.05, 4.69) is 16.0 Å². The van der Waals surface area contributed by atoms with E-state index in [-0.39, 0.29) is 11.9 Å². The average molecular weight is 303 g/mol. The smallest absolute Gasteiger partial charge is 0.238 e. The van der Waals surface area contributed by atoms with Crippen LogP contribution >= 0.6 is 0 Å². The molecule has 1 aromatic rings. The van der Waals surface area contributed by atoms with E-state index < -0.39 is 0 Å². The molecule has 1 unspecified atom stereocenters.